The van der Waals surface area contributed by atoms with E-state index in [1.807, 2.05) is 19.0 Å². The number of carbonyl (C=O) groups excluding carboxylic acids is 2. The Hall–Kier alpha value is -1.14. The molecule has 1 N–H and O–H groups in total. The summed E-state index contributed by atoms with van der Waals surface area (Å²) in [6.45, 7) is 3.78. The summed E-state index contributed by atoms with van der Waals surface area (Å²) in [6, 6.07) is 0. The molecule has 0 saturated heterocycles. The van der Waals surface area contributed by atoms with E-state index in [1.165, 1.54) is 11.8 Å². The van der Waals surface area contributed by atoms with E-state index in [4.69, 9.17) is 4.74 Å². The monoisotopic (exact) mass is 245 g/mol. The molecule has 6 nitrogen and oxygen atoms in total. The number of hydrogen-bond donors (Lipinski definition) is 1. The summed E-state index contributed by atoms with van der Waals surface area (Å²) in [7, 11) is 5.44. The van der Waals surface area contributed by atoms with E-state index < -0.39 is 0 Å². The smallest absolute Gasteiger partial charge is 0.239 e. The Morgan fingerprint density at radius 2 is 1.88 bits per heavy atom. The van der Waals surface area contributed by atoms with Crippen LogP contribution in [0.1, 0.15) is 6.92 Å². The van der Waals surface area contributed by atoms with Crippen molar-refractivity contribution in [3.8, 4) is 0 Å². The second-order valence-corrected chi connectivity index (χ2v) is 4.09. The molecular formula is C11H23N3O3. The average molecular weight is 245 g/mol. The maximum Gasteiger partial charge on any atom is 0.239 e. The molecule has 0 aromatic heterocycles. The number of hydrogen-bond acceptors (Lipinski definition) is 4. The highest BCUT2D eigenvalue weighted by Gasteiger charge is 2.12. The van der Waals surface area contributed by atoms with Gasteiger partial charge in [0.15, 0.2) is 0 Å². The summed E-state index contributed by atoms with van der Waals surface area (Å²) < 4.78 is 4.88. The first-order chi connectivity index (χ1) is 7.97. The van der Waals surface area contributed by atoms with Gasteiger partial charge < -0.3 is 19.9 Å². The van der Waals surface area contributed by atoms with Crippen LogP contribution in [0.15, 0.2) is 0 Å². The summed E-state index contributed by atoms with van der Waals surface area (Å²) >= 11 is 0. The van der Waals surface area contributed by atoms with Gasteiger partial charge in [0.05, 0.1) is 13.2 Å². The predicted molar refractivity (Wildman–Crippen MR) is 65.7 cm³/mol. The van der Waals surface area contributed by atoms with Gasteiger partial charge in [-0.15, -0.1) is 0 Å². The number of methoxy groups -OCH3 is 1. The van der Waals surface area contributed by atoms with Crippen LogP contribution in [0.5, 0.6) is 0 Å². The molecule has 0 atom stereocenters. The van der Waals surface area contributed by atoms with Crippen molar-refractivity contribution in [3.05, 3.63) is 0 Å². The van der Waals surface area contributed by atoms with Crippen molar-refractivity contribution in [1.29, 1.82) is 0 Å². The molecular weight excluding hydrogens is 222 g/mol. The fraction of sp³-hybridized carbons (Fsp3) is 0.818. The van der Waals surface area contributed by atoms with Gasteiger partial charge in [0.1, 0.15) is 0 Å². The fourth-order valence-electron chi connectivity index (χ4n) is 1.20. The van der Waals surface area contributed by atoms with Gasteiger partial charge in [-0.1, -0.05) is 0 Å². The molecule has 100 valence electrons. The Kier molecular flexibility index (Phi) is 8.35. The summed E-state index contributed by atoms with van der Waals surface area (Å²) in [5.41, 5.74) is 0. The molecule has 0 aromatic rings. The molecule has 0 fully saturated rings. The molecule has 6 heteroatoms. The highest BCUT2D eigenvalue weighted by molar-refractivity contribution is 5.83. The van der Waals surface area contributed by atoms with Crippen molar-refractivity contribution in [2.45, 2.75) is 6.92 Å². The van der Waals surface area contributed by atoms with E-state index in [-0.39, 0.29) is 18.4 Å². The van der Waals surface area contributed by atoms with Gasteiger partial charge in [0.25, 0.3) is 0 Å². The van der Waals surface area contributed by atoms with Crippen molar-refractivity contribution in [3.63, 3.8) is 0 Å². The summed E-state index contributed by atoms with van der Waals surface area (Å²) in [5, 5.41) is 2.76. The van der Waals surface area contributed by atoms with E-state index >= 15 is 0 Å². The van der Waals surface area contributed by atoms with Crippen LogP contribution in [0, 0.1) is 0 Å². The molecule has 2 amide bonds. The van der Waals surface area contributed by atoms with E-state index in [1.54, 1.807) is 7.11 Å². The van der Waals surface area contributed by atoms with Gasteiger partial charge in [-0.05, 0) is 14.1 Å². The second-order valence-electron chi connectivity index (χ2n) is 4.09. The van der Waals surface area contributed by atoms with Crippen molar-refractivity contribution in [1.82, 2.24) is 15.1 Å². The summed E-state index contributed by atoms with van der Waals surface area (Å²) in [6.07, 6.45) is 0. The molecule has 0 aromatic carbocycles. The third-order valence-corrected chi connectivity index (χ3v) is 2.23. The van der Waals surface area contributed by atoms with Gasteiger partial charge in [0, 0.05) is 33.7 Å². The van der Waals surface area contributed by atoms with E-state index in [0.717, 1.165) is 6.54 Å². The Morgan fingerprint density at radius 1 is 1.24 bits per heavy atom. The second kappa shape index (κ2) is 8.95. The third kappa shape index (κ3) is 8.65. The molecule has 0 radical (unpaired) electrons. The highest BCUT2D eigenvalue weighted by atomic mass is 16.5. The average Bonchev–Trinajstić information content (AvgIpc) is 2.23. The fourth-order valence-corrected chi connectivity index (χ4v) is 1.20. The number of ether oxygens (including phenoxy) is 1. The van der Waals surface area contributed by atoms with Crippen LogP contribution in [-0.4, -0.2) is 75.6 Å². The Bertz CT molecular complexity index is 244. The number of amides is 2. The SMILES string of the molecule is COCCN(CC(=O)NCCN(C)C)C(C)=O. The van der Waals surface area contributed by atoms with Crippen molar-refractivity contribution >= 4 is 11.8 Å². The summed E-state index contributed by atoms with van der Waals surface area (Å²) in [5.74, 6) is -0.261. The minimum atomic E-state index is -0.141. The van der Waals surface area contributed by atoms with E-state index in [2.05, 4.69) is 5.32 Å². The molecule has 17 heavy (non-hydrogen) atoms. The molecule has 0 bridgehead atoms. The van der Waals surface area contributed by atoms with Crippen LogP contribution in [-0.2, 0) is 14.3 Å². The van der Waals surface area contributed by atoms with Gasteiger partial charge in [-0.25, -0.2) is 0 Å². The number of nitrogens with zero attached hydrogens (tertiary/aromatic N) is 2. The van der Waals surface area contributed by atoms with Crippen LogP contribution in [0.2, 0.25) is 0 Å². The van der Waals surface area contributed by atoms with Crippen molar-refractivity contribution in [2.24, 2.45) is 0 Å². The minimum Gasteiger partial charge on any atom is -0.383 e. The van der Waals surface area contributed by atoms with E-state index in [9.17, 15) is 9.59 Å². The molecule has 0 rings (SSSR count). The van der Waals surface area contributed by atoms with Crippen LogP contribution in [0.4, 0.5) is 0 Å². The quantitative estimate of drug-likeness (QED) is 0.605. The maximum absolute atomic E-state index is 11.5. The van der Waals surface area contributed by atoms with Gasteiger partial charge in [-0.3, -0.25) is 9.59 Å². The third-order valence-electron chi connectivity index (χ3n) is 2.23. The first-order valence-electron chi connectivity index (χ1n) is 5.63. The Labute approximate surface area is 103 Å². The van der Waals surface area contributed by atoms with Gasteiger partial charge >= 0.3 is 0 Å². The number of nitrogens with one attached hydrogen (secondary N) is 1. The minimum absolute atomic E-state index is 0.0894. The van der Waals surface area contributed by atoms with Crippen LogP contribution in [0.3, 0.4) is 0 Å². The lowest BCUT2D eigenvalue weighted by molar-refractivity contribution is -0.134. The molecule has 0 heterocycles. The van der Waals surface area contributed by atoms with E-state index in [0.29, 0.717) is 19.7 Å². The zero-order valence-corrected chi connectivity index (χ0v) is 11.2. The largest absolute Gasteiger partial charge is 0.383 e. The van der Waals surface area contributed by atoms with Crippen molar-refractivity contribution < 1.29 is 14.3 Å². The van der Waals surface area contributed by atoms with Crippen LogP contribution >= 0.6 is 0 Å². The predicted octanol–water partition coefficient (Wildman–Crippen LogP) is -0.841. The molecule has 0 unspecified atom stereocenters. The van der Waals surface area contributed by atoms with Gasteiger partial charge in [0.2, 0.25) is 11.8 Å². The van der Waals surface area contributed by atoms with Crippen LogP contribution < -0.4 is 5.32 Å². The van der Waals surface area contributed by atoms with Crippen LogP contribution in [0.25, 0.3) is 0 Å². The standard InChI is InChI=1S/C11H23N3O3/c1-10(15)14(7-8-17-4)9-11(16)12-5-6-13(2)3/h5-9H2,1-4H3,(H,12,16). The Balaban J connectivity index is 3.91. The first kappa shape index (κ1) is 15.9. The molecule has 0 aliphatic heterocycles. The number of rotatable bonds is 8. The Morgan fingerprint density at radius 3 is 2.35 bits per heavy atom. The summed E-state index contributed by atoms with van der Waals surface area (Å²) in [4.78, 5) is 26.2. The lowest BCUT2D eigenvalue weighted by Gasteiger charge is -2.20. The normalized spacial score (nSPS) is 10.4. The number of carbonyl (C=O) groups is 2. The molecule has 0 saturated carbocycles. The first-order valence-corrected chi connectivity index (χ1v) is 5.63. The molecule has 0 aliphatic carbocycles. The molecule has 0 spiro atoms. The maximum atomic E-state index is 11.5. The molecule has 0 aliphatic rings. The topological polar surface area (TPSA) is 61.9 Å². The highest BCUT2D eigenvalue weighted by Crippen LogP contribution is 1.89. The lowest BCUT2D eigenvalue weighted by Crippen LogP contribution is -2.42. The zero-order valence-electron chi connectivity index (χ0n) is 11.2. The zero-order chi connectivity index (χ0) is 13.3. The number of likely N-dealkylation sites (N-methyl/N-ethyl adjacent to an activating group) is 1. The lowest BCUT2D eigenvalue weighted by atomic mass is 10.4. The van der Waals surface area contributed by atoms with Crippen molar-refractivity contribution in [2.75, 3.05) is 54.0 Å². The van der Waals surface area contributed by atoms with Gasteiger partial charge in [-0.2, -0.15) is 0 Å².